The SMILES string of the molecule is Cc1ccc([C@H](NCC(=O)Nc2cccnc2Cl)c2cccs2)cc1. The Balaban J connectivity index is 1.70. The number of halogens is 1. The number of carbonyl (C=O) groups excluding carboxylic acids is 1. The normalized spacial score (nSPS) is 11.9. The highest BCUT2D eigenvalue weighted by atomic mass is 35.5. The summed E-state index contributed by atoms with van der Waals surface area (Å²) in [7, 11) is 0. The Morgan fingerprint density at radius 3 is 2.68 bits per heavy atom. The predicted molar refractivity (Wildman–Crippen MR) is 103 cm³/mol. The maximum absolute atomic E-state index is 12.3. The minimum absolute atomic E-state index is 0.0317. The summed E-state index contributed by atoms with van der Waals surface area (Å²) in [5, 5.41) is 8.43. The van der Waals surface area contributed by atoms with Crippen LogP contribution in [0.1, 0.15) is 22.0 Å². The lowest BCUT2D eigenvalue weighted by Gasteiger charge is -2.18. The molecule has 4 nitrogen and oxygen atoms in total. The minimum Gasteiger partial charge on any atom is -0.322 e. The topological polar surface area (TPSA) is 54.0 Å². The number of carbonyl (C=O) groups is 1. The van der Waals surface area contributed by atoms with Gasteiger partial charge in [0.2, 0.25) is 5.91 Å². The fourth-order valence-electron chi connectivity index (χ4n) is 2.47. The Morgan fingerprint density at radius 2 is 2.00 bits per heavy atom. The molecule has 0 saturated carbocycles. The highest BCUT2D eigenvalue weighted by molar-refractivity contribution is 7.10. The molecule has 0 aliphatic carbocycles. The molecule has 0 saturated heterocycles. The number of rotatable bonds is 6. The van der Waals surface area contributed by atoms with Gasteiger partial charge in [0.1, 0.15) is 0 Å². The number of benzene rings is 1. The fraction of sp³-hybridized carbons (Fsp3) is 0.158. The maximum atomic E-state index is 12.3. The number of hydrogen-bond donors (Lipinski definition) is 2. The van der Waals surface area contributed by atoms with Crippen molar-refractivity contribution in [2.75, 3.05) is 11.9 Å². The van der Waals surface area contributed by atoms with E-state index in [1.165, 1.54) is 5.56 Å². The first-order valence-electron chi connectivity index (χ1n) is 7.87. The minimum atomic E-state index is -0.163. The molecule has 0 spiro atoms. The molecular weight excluding hydrogens is 354 g/mol. The van der Waals surface area contributed by atoms with Gasteiger partial charge in [0.25, 0.3) is 0 Å². The summed E-state index contributed by atoms with van der Waals surface area (Å²) in [4.78, 5) is 17.4. The van der Waals surface area contributed by atoms with E-state index in [-0.39, 0.29) is 23.6 Å². The van der Waals surface area contributed by atoms with E-state index in [0.29, 0.717) is 5.69 Å². The van der Waals surface area contributed by atoms with E-state index in [9.17, 15) is 4.79 Å². The van der Waals surface area contributed by atoms with Crippen molar-refractivity contribution in [2.24, 2.45) is 0 Å². The Labute approximate surface area is 155 Å². The number of nitrogens with zero attached hydrogens (tertiary/aromatic N) is 1. The van der Waals surface area contributed by atoms with Crippen LogP contribution < -0.4 is 10.6 Å². The molecule has 0 aliphatic heterocycles. The van der Waals surface area contributed by atoms with Crippen molar-refractivity contribution in [2.45, 2.75) is 13.0 Å². The van der Waals surface area contributed by atoms with Crippen molar-refractivity contribution in [3.8, 4) is 0 Å². The van der Waals surface area contributed by atoms with E-state index < -0.39 is 0 Å². The van der Waals surface area contributed by atoms with E-state index in [0.717, 1.165) is 10.4 Å². The van der Waals surface area contributed by atoms with E-state index in [4.69, 9.17) is 11.6 Å². The number of amides is 1. The molecule has 2 aromatic heterocycles. The van der Waals surface area contributed by atoms with Gasteiger partial charge in [-0.3, -0.25) is 10.1 Å². The zero-order valence-electron chi connectivity index (χ0n) is 13.7. The number of thiophene rings is 1. The van der Waals surface area contributed by atoms with Crippen molar-refractivity contribution in [3.63, 3.8) is 0 Å². The van der Waals surface area contributed by atoms with Gasteiger partial charge in [-0.1, -0.05) is 47.5 Å². The largest absolute Gasteiger partial charge is 0.322 e. The summed E-state index contributed by atoms with van der Waals surface area (Å²) in [5.41, 5.74) is 2.84. The summed E-state index contributed by atoms with van der Waals surface area (Å²) in [6, 6.07) is 15.8. The van der Waals surface area contributed by atoms with Crippen LogP contribution in [0.25, 0.3) is 0 Å². The Hall–Kier alpha value is -2.21. The zero-order valence-corrected chi connectivity index (χ0v) is 15.3. The lowest BCUT2D eigenvalue weighted by molar-refractivity contribution is -0.115. The summed E-state index contributed by atoms with van der Waals surface area (Å²) < 4.78 is 0. The highest BCUT2D eigenvalue weighted by Crippen LogP contribution is 2.26. The Morgan fingerprint density at radius 1 is 1.20 bits per heavy atom. The Bertz CT molecular complexity index is 834. The summed E-state index contributed by atoms with van der Waals surface area (Å²) in [6.45, 7) is 2.23. The van der Waals surface area contributed by atoms with Crippen molar-refractivity contribution in [1.29, 1.82) is 0 Å². The third-order valence-corrected chi connectivity index (χ3v) is 4.98. The average molecular weight is 372 g/mol. The number of anilines is 1. The molecule has 0 bridgehead atoms. The quantitative estimate of drug-likeness (QED) is 0.630. The molecule has 1 atom stereocenters. The molecule has 1 amide bonds. The molecule has 2 N–H and O–H groups in total. The number of nitrogens with one attached hydrogen (secondary N) is 2. The molecule has 0 fully saturated rings. The van der Waals surface area contributed by atoms with Gasteiger partial charge in [0, 0.05) is 11.1 Å². The van der Waals surface area contributed by atoms with Crippen molar-refractivity contribution in [3.05, 3.63) is 81.3 Å². The molecule has 0 radical (unpaired) electrons. The van der Waals surface area contributed by atoms with Crippen LogP contribution >= 0.6 is 22.9 Å². The number of aromatic nitrogens is 1. The number of aryl methyl sites for hydroxylation is 1. The molecular formula is C19H18ClN3OS. The first-order valence-corrected chi connectivity index (χ1v) is 9.13. The van der Waals surface area contributed by atoms with Crippen molar-refractivity contribution in [1.82, 2.24) is 10.3 Å². The Kier molecular flexibility index (Phi) is 5.81. The molecule has 3 aromatic rings. The molecule has 1 aromatic carbocycles. The van der Waals surface area contributed by atoms with Gasteiger partial charge in [-0.05, 0) is 36.1 Å². The molecule has 128 valence electrons. The summed E-state index contributed by atoms with van der Waals surface area (Å²) in [6.07, 6.45) is 1.58. The van der Waals surface area contributed by atoms with Gasteiger partial charge in [0.05, 0.1) is 18.3 Å². The van der Waals surface area contributed by atoms with Gasteiger partial charge in [-0.25, -0.2) is 4.98 Å². The van der Waals surface area contributed by atoms with Crippen molar-refractivity contribution >= 4 is 34.5 Å². The van der Waals surface area contributed by atoms with Gasteiger partial charge in [-0.15, -0.1) is 11.3 Å². The van der Waals surface area contributed by atoms with E-state index in [1.54, 1.807) is 29.7 Å². The lowest BCUT2D eigenvalue weighted by atomic mass is 10.0. The zero-order chi connectivity index (χ0) is 17.6. The van der Waals surface area contributed by atoms with E-state index >= 15 is 0 Å². The van der Waals surface area contributed by atoms with Crippen LogP contribution in [0.2, 0.25) is 5.15 Å². The van der Waals surface area contributed by atoms with Crippen LogP contribution in [0.3, 0.4) is 0 Å². The van der Waals surface area contributed by atoms with Gasteiger partial charge in [0.15, 0.2) is 5.15 Å². The third-order valence-electron chi connectivity index (χ3n) is 3.74. The molecule has 3 rings (SSSR count). The van der Waals surface area contributed by atoms with Crippen LogP contribution in [0.15, 0.2) is 60.1 Å². The predicted octanol–water partition coefficient (Wildman–Crippen LogP) is 4.42. The molecule has 0 unspecified atom stereocenters. The second-order valence-electron chi connectivity index (χ2n) is 5.63. The molecule has 6 heteroatoms. The lowest BCUT2D eigenvalue weighted by Crippen LogP contribution is -2.31. The van der Waals surface area contributed by atoms with Crippen LogP contribution in [-0.4, -0.2) is 17.4 Å². The van der Waals surface area contributed by atoms with Crippen molar-refractivity contribution < 1.29 is 4.79 Å². The van der Waals surface area contributed by atoms with Gasteiger partial charge in [-0.2, -0.15) is 0 Å². The maximum Gasteiger partial charge on any atom is 0.238 e. The first-order chi connectivity index (χ1) is 12.1. The summed E-state index contributed by atoms with van der Waals surface area (Å²) in [5.74, 6) is -0.163. The third kappa shape index (κ3) is 4.66. The average Bonchev–Trinajstić information content (AvgIpc) is 3.13. The van der Waals surface area contributed by atoms with Gasteiger partial charge < -0.3 is 5.32 Å². The highest BCUT2D eigenvalue weighted by Gasteiger charge is 2.16. The summed E-state index contributed by atoms with van der Waals surface area (Å²) >= 11 is 7.64. The fourth-order valence-corrected chi connectivity index (χ4v) is 3.46. The monoisotopic (exact) mass is 371 g/mol. The molecule has 2 heterocycles. The van der Waals surface area contributed by atoms with Crippen LogP contribution in [-0.2, 0) is 4.79 Å². The first kappa shape index (κ1) is 17.6. The van der Waals surface area contributed by atoms with Crippen LogP contribution in [0.4, 0.5) is 5.69 Å². The number of pyridine rings is 1. The smallest absolute Gasteiger partial charge is 0.238 e. The van der Waals surface area contributed by atoms with E-state index in [2.05, 4.69) is 52.9 Å². The van der Waals surface area contributed by atoms with Crippen LogP contribution in [0, 0.1) is 6.92 Å². The standard InChI is InChI=1S/C19H18ClN3OS/c1-13-6-8-14(9-7-13)18(16-5-3-11-25-16)22-12-17(24)23-15-4-2-10-21-19(15)20/h2-11,18,22H,12H2,1H3,(H,23,24)/t18-/m0/s1. The second kappa shape index (κ2) is 8.25. The van der Waals surface area contributed by atoms with E-state index in [1.807, 2.05) is 11.4 Å². The molecule has 0 aliphatic rings. The van der Waals surface area contributed by atoms with Gasteiger partial charge >= 0.3 is 0 Å². The molecule has 25 heavy (non-hydrogen) atoms. The second-order valence-corrected chi connectivity index (χ2v) is 6.97. The van der Waals surface area contributed by atoms with Crippen LogP contribution in [0.5, 0.6) is 0 Å². The number of hydrogen-bond acceptors (Lipinski definition) is 4.